The van der Waals surface area contributed by atoms with Crippen LogP contribution >= 0.6 is 0 Å². The number of hydrogen-bond acceptors (Lipinski definition) is 2. The van der Waals surface area contributed by atoms with Gasteiger partial charge < -0.3 is 10.4 Å². The molecule has 4 aliphatic carbocycles. The third-order valence-electron chi connectivity index (χ3n) is 8.66. The SMILES string of the molecule is O=C(Nc1ccc(CCC2CC3CC4CCC24C3)cc1)[C@H]1CCC[C@H]1C(=O)O. The Morgan fingerprint density at radius 3 is 2.54 bits per heavy atom. The average Bonchev–Trinajstić information content (AvgIpc) is 3.35. The first-order valence-corrected chi connectivity index (χ1v) is 11.2. The van der Waals surface area contributed by atoms with Crippen molar-refractivity contribution < 1.29 is 14.7 Å². The minimum atomic E-state index is -0.846. The van der Waals surface area contributed by atoms with Crippen LogP contribution in [0.3, 0.4) is 0 Å². The predicted octanol–water partition coefficient (Wildman–Crippen LogP) is 4.88. The van der Waals surface area contributed by atoms with Crippen LogP contribution in [-0.4, -0.2) is 17.0 Å². The van der Waals surface area contributed by atoms with E-state index in [-0.39, 0.29) is 5.91 Å². The van der Waals surface area contributed by atoms with Gasteiger partial charge in [-0.05, 0) is 98.7 Å². The molecule has 2 N–H and O–H groups in total. The summed E-state index contributed by atoms with van der Waals surface area (Å²) in [6.07, 6.45) is 12.0. The summed E-state index contributed by atoms with van der Waals surface area (Å²) in [5.74, 6) is 1.07. The predicted molar refractivity (Wildman–Crippen MR) is 108 cm³/mol. The Balaban J connectivity index is 1.15. The number of fused-ring (bicyclic) bond motifs is 1. The summed E-state index contributed by atoms with van der Waals surface area (Å²) in [5, 5.41) is 12.2. The molecule has 5 rings (SSSR count). The number of rotatable bonds is 6. The number of carbonyl (C=O) groups excluding carboxylic acids is 1. The van der Waals surface area contributed by atoms with E-state index in [9.17, 15) is 14.7 Å². The lowest BCUT2D eigenvalue weighted by Crippen LogP contribution is -2.42. The minimum absolute atomic E-state index is 0.144. The van der Waals surface area contributed by atoms with Gasteiger partial charge in [-0.15, -0.1) is 0 Å². The quantitative estimate of drug-likeness (QED) is 0.738. The van der Waals surface area contributed by atoms with Crippen LogP contribution in [0.25, 0.3) is 0 Å². The maximum atomic E-state index is 12.5. The largest absolute Gasteiger partial charge is 0.481 e. The summed E-state index contributed by atoms with van der Waals surface area (Å²) in [6, 6.07) is 8.20. The Labute approximate surface area is 167 Å². The second-order valence-electron chi connectivity index (χ2n) is 9.91. The van der Waals surface area contributed by atoms with Crippen LogP contribution in [0.4, 0.5) is 5.69 Å². The van der Waals surface area contributed by atoms with Crippen LogP contribution in [0.15, 0.2) is 24.3 Å². The summed E-state index contributed by atoms with van der Waals surface area (Å²) >= 11 is 0. The van der Waals surface area contributed by atoms with Crippen molar-refractivity contribution in [2.75, 3.05) is 5.32 Å². The molecule has 6 atom stereocenters. The van der Waals surface area contributed by atoms with Crippen molar-refractivity contribution in [2.45, 2.75) is 64.2 Å². The van der Waals surface area contributed by atoms with Crippen molar-refractivity contribution >= 4 is 17.6 Å². The molecule has 4 nitrogen and oxygen atoms in total. The molecule has 4 heteroatoms. The number of carboxylic acid groups (broad SMARTS) is 1. The van der Waals surface area contributed by atoms with Gasteiger partial charge in [-0.25, -0.2) is 0 Å². The van der Waals surface area contributed by atoms with Gasteiger partial charge in [0.1, 0.15) is 0 Å². The van der Waals surface area contributed by atoms with Crippen LogP contribution in [0.5, 0.6) is 0 Å². The van der Waals surface area contributed by atoms with Gasteiger partial charge in [-0.1, -0.05) is 18.6 Å². The molecule has 2 bridgehead atoms. The molecule has 150 valence electrons. The highest BCUT2D eigenvalue weighted by Crippen LogP contribution is 2.70. The maximum absolute atomic E-state index is 12.5. The zero-order valence-electron chi connectivity index (χ0n) is 16.5. The van der Waals surface area contributed by atoms with E-state index in [1.165, 1.54) is 44.1 Å². The number of benzene rings is 1. The van der Waals surface area contributed by atoms with Crippen molar-refractivity contribution in [1.29, 1.82) is 0 Å². The highest BCUT2D eigenvalue weighted by Gasteiger charge is 2.61. The summed E-state index contributed by atoms with van der Waals surface area (Å²) < 4.78 is 0. The molecule has 0 aromatic heterocycles. The normalized spacial score (nSPS) is 38.1. The van der Waals surface area contributed by atoms with E-state index in [2.05, 4.69) is 17.4 Å². The van der Waals surface area contributed by atoms with Crippen LogP contribution in [0, 0.1) is 35.0 Å². The molecule has 0 saturated heterocycles. The van der Waals surface area contributed by atoms with Gasteiger partial charge in [0, 0.05) is 5.69 Å². The van der Waals surface area contributed by atoms with Crippen LogP contribution < -0.4 is 5.32 Å². The number of amides is 1. The molecule has 0 radical (unpaired) electrons. The smallest absolute Gasteiger partial charge is 0.307 e. The second-order valence-corrected chi connectivity index (χ2v) is 9.91. The van der Waals surface area contributed by atoms with E-state index in [1.807, 2.05) is 12.1 Å². The summed E-state index contributed by atoms with van der Waals surface area (Å²) in [7, 11) is 0. The van der Waals surface area contributed by atoms with E-state index < -0.39 is 17.8 Å². The first-order chi connectivity index (χ1) is 13.5. The molecule has 1 amide bonds. The van der Waals surface area contributed by atoms with Gasteiger partial charge in [0.25, 0.3) is 0 Å². The Morgan fingerprint density at radius 1 is 1.07 bits per heavy atom. The fraction of sp³-hybridized carbons (Fsp3) is 0.667. The van der Waals surface area contributed by atoms with E-state index in [1.54, 1.807) is 0 Å². The standard InChI is InChI=1S/C24H31NO3/c26-22(20-2-1-3-21(20)23(27)28)25-19-8-5-15(6-9-19)4-7-17-12-16-13-18-10-11-24(17,18)14-16/h5-6,8-9,16-18,20-21H,1-4,7,10-14H2,(H,25,26)(H,27,28)/t16?,17?,18?,20-,21+,24?/m0/s1. The molecule has 4 saturated carbocycles. The highest BCUT2D eigenvalue weighted by atomic mass is 16.4. The van der Waals surface area contributed by atoms with E-state index in [4.69, 9.17) is 0 Å². The van der Waals surface area contributed by atoms with Gasteiger partial charge >= 0.3 is 5.97 Å². The first-order valence-electron chi connectivity index (χ1n) is 11.2. The third kappa shape index (κ3) is 2.96. The van der Waals surface area contributed by atoms with E-state index >= 15 is 0 Å². The van der Waals surface area contributed by atoms with Crippen LogP contribution in [0.2, 0.25) is 0 Å². The molecule has 1 spiro atoms. The Morgan fingerprint density at radius 2 is 1.86 bits per heavy atom. The van der Waals surface area contributed by atoms with E-state index in [0.29, 0.717) is 12.8 Å². The van der Waals surface area contributed by atoms with Crippen LogP contribution in [0.1, 0.15) is 63.4 Å². The second kappa shape index (κ2) is 6.89. The number of carboxylic acids is 1. The lowest BCUT2D eigenvalue weighted by atomic mass is 9.54. The number of aryl methyl sites for hydroxylation is 1. The van der Waals surface area contributed by atoms with Crippen molar-refractivity contribution in [1.82, 2.24) is 0 Å². The number of hydrogen-bond donors (Lipinski definition) is 2. The van der Waals surface area contributed by atoms with Crippen molar-refractivity contribution in [2.24, 2.45) is 35.0 Å². The van der Waals surface area contributed by atoms with Crippen molar-refractivity contribution in [3.8, 4) is 0 Å². The molecule has 1 aromatic rings. The Bertz CT molecular complexity index is 773. The Hall–Kier alpha value is -1.84. The molecule has 4 unspecified atom stereocenters. The number of carbonyl (C=O) groups is 2. The first kappa shape index (κ1) is 18.2. The Kier molecular flexibility index (Phi) is 4.48. The van der Waals surface area contributed by atoms with Crippen molar-refractivity contribution in [3.05, 3.63) is 29.8 Å². The highest BCUT2D eigenvalue weighted by molar-refractivity contribution is 5.95. The summed E-state index contributed by atoms with van der Waals surface area (Å²) in [4.78, 5) is 23.8. The fourth-order valence-electron chi connectivity index (χ4n) is 7.19. The molecular weight excluding hydrogens is 350 g/mol. The lowest BCUT2D eigenvalue weighted by molar-refractivity contribution is -0.145. The summed E-state index contributed by atoms with van der Waals surface area (Å²) in [6.45, 7) is 0. The minimum Gasteiger partial charge on any atom is -0.481 e. The molecule has 0 heterocycles. The summed E-state index contributed by atoms with van der Waals surface area (Å²) in [5.41, 5.74) is 2.85. The zero-order valence-corrected chi connectivity index (χ0v) is 16.5. The number of nitrogens with one attached hydrogen (secondary N) is 1. The third-order valence-corrected chi connectivity index (χ3v) is 8.66. The van der Waals surface area contributed by atoms with Crippen molar-refractivity contribution in [3.63, 3.8) is 0 Å². The monoisotopic (exact) mass is 381 g/mol. The average molecular weight is 382 g/mol. The molecule has 4 aliphatic rings. The van der Waals surface area contributed by atoms with Gasteiger partial charge in [0.2, 0.25) is 5.91 Å². The number of anilines is 1. The van der Waals surface area contributed by atoms with Crippen LogP contribution in [-0.2, 0) is 16.0 Å². The fourth-order valence-corrected chi connectivity index (χ4v) is 7.19. The van der Waals surface area contributed by atoms with Gasteiger partial charge in [-0.2, -0.15) is 0 Å². The molecule has 0 aliphatic heterocycles. The van der Waals surface area contributed by atoms with Gasteiger partial charge in [0.05, 0.1) is 11.8 Å². The van der Waals surface area contributed by atoms with E-state index in [0.717, 1.165) is 41.7 Å². The maximum Gasteiger partial charge on any atom is 0.307 e. The zero-order chi connectivity index (χ0) is 19.3. The van der Waals surface area contributed by atoms with Gasteiger partial charge in [-0.3, -0.25) is 9.59 Å². The number of aliphatic carboxylic acids is 1. The van der Waals surface area contributed by atoms with Gasteiger partial charge in [0.15, 0.2) is 0 Å². The molecule has 4 fully saturated rings. The molecule has 1 aromatic carbocycles. The molecular formula is C24H31NO3. The molecule has 28 heavy (non-hydrogen) atoms. The topological polar surface area (TPSA) is 66.4 Å². The lowest BCUT2D eigenvalue weighted by Gasteiger charge is -2.50.